The Morgan fingerprint density at radius 3 is 2.64 bits per heavy atom. The van der Waals surface area contributed by atoms with Crippen molar-refractivity contribution in [3.63, 3.8) is 0 Å². The van der Waals surface area contributed by atoms with Gasteiger partial charge >= 0.3 is 0 Å². The maximum atomic E-state index is 13.1. The van der Waals surface area contributed by atoms with Crippen LogP contribution in [0.2, 0.25) is 0 Å². The SMILES string of the molecule is Cc1ccc(-n2nccn2)c(C(=O)N2C[C@H](C)CC[C@H]2C)c1. The molecule has 1 aliphatic rings. The van der Waals surface area contributed by atoms with E-state index >= 15 is 0 Å². The number of piperidine rings is 1. The third kappa shape index (κ3) is 2.75. The summed E-state index contributed by atoms with van der Waals surface area (Å²) in [5, 5.41) is 8.35. The number of carbonyl (C=O) groups excluding carboxylic acids is 1. The normalized spacial score (nSPS) is 21.9. The number of aromatic nitrogens is 3. The van der Waals surface area contributed by atoms with E-state index in [1.807, 2.05) is 30.0 Å². The summed E-state index contributed by atoms with van der Waals surface area (Å²) >= 11 is 0. The quantitative estimate of drug-likeness (QED) is 0.856. The number of hydrogen-bond acceptors (Lipinski definition) is 3. The van der Waals surface area contributed by atoms with Gasteiger partial charge in [0.25, 0.3) is 5.91 Å². The number of amides is 1. The molecule has 0 N–H and O–H groups in total. The van der Waals surface area contributed by atoms with Crippen LogP contribution in [0.4, 0.5) is 0 Å². The van der Waals surface area contributed by atoms with E-state index in [-0.39, 0.29) is 11.9 Å². The lowest BCUT2D eigenvalue weighted by atomic mass is 9.94. The predicted molar refractivity (Wildman–Crippen MR) is 85.0 cm³/mol. The average Bonchev–Trinajstić information content (AvgIpc) is 3.03. The Bertz CT molecular complexity index is 665. The molecule has 0 radical (unpaired) electrons. The zero-order valence-electron chi connectivity index (χ0n) is 13.4. The van der Waals surface area contributed by atoms with Crippen LogP contribution in [0.15, 0.2) is 30.6 Å². The standard InChI is InChI=1S/C17H22N4O/c1-12-5-7-16(21-18-8-9-19-21)15(10-12)17(22)20-11-13(2)4-6-14(20)3/h5,7-10,13-14H,4,6,11H2,1-3H3/t13-,14-/m1/s1. The molecule has 0 bridgehead atoms. The second-order valence-electron chi connectivity index (χ2n) is 6.33. The predicted octanol–water partition coefficient (Wildman–Crippen LogP) is 2.84. The van der Waals surface area contributed by atoms with Crippen molar-refractivity contribution in [3.05, 3.63) is 41.7 Å². The number of rotatable bonds is 2. The van der Waals surface area contributed by atoms with Gasteiger partial charge in [-0.05, 0) is 44.7 Å². The molecule has 2 aromatic rings. The van der Waals surface area contributed by atoms with Crippen LogP contribution in [0.3, 0.4) is 0 Å². The van der Waals surface area contributed by atoms with Crippen molar-refractivity contribution in [1.82, 2.24) is 19.9 Å². The number of hydrogen-bond donors (Lipinski definition) is 0. The monoisotopic (exact) mass is 298 g/mol. The Hall–Kier alpha value is -2.17. The van der Waals surface area contributed by atoms with Gasteiger partial charge in [0.2, 0.25) is 0 Å². The summed E-state index contributed by atoms with van der Waals surface area (Å²) in [6.45, 7) is 7.16. The highest BCUT2D eigenvalue weighted by molar-refractivity contribution is 5.98. The minimum atomic E-state index is 0.0788. The molecular formula is C17H22N4O. The van der Waals surface area contributed by atoms with Gasteiger partial charge in [-0.3, -0.25) is 4.79 Å². The van der Waals surface area contributed by atoms with Crippen LogP contribution in [-0.2, 0) is 0 Å². The van der Waals surface area contributed by atoms with E-state index in [0.29, 0.717) is 11.5 Å². The first-order chi connectivity index (χ1) is 10.6. The molecule has 1 aromatic heterocycles. The maximum Gasteiger partial charge on any atom is 0.256 e. The van der Waals surface area contributed by atoms with Crippen molar-refractivity contribution < 1.29 is 4.79 Å². The van der Waals surface area contributed by atoms with Crippen LogP contribution in [0.1, 0.15) is 42.6 Å². The fourth-order valence-electron chi connectivity index (χ4n) is 3.06. The Morgan fingerprint density at radius 2 is 1.91 bits per heavy atom. The maximum absolute atomic E-state index is 13.1. The number of aryl methyl sites for hydroxylation is 1. The second kappa shape index (κ2) is 5.91. The van der Waals surface area contributed by atoms with Crippen LogP contribution in [0.5, 0.6) is 0 Å². The third-order valence-electron chi connectivity index (χ3n) is 4.40. The Kier molecular flexibility index (Phi) is 3.96. The summed E-state index contributed by atoms with van der Waals surface area (Å²) < 4.78 is 0. The molecule has 5 nitrogen and oxygen atoms in total. The van der Waals surface area contributed by atoms with E-state index in [1.54, 1.807) is 12.4 Å². The van der Waals surface area contributed by atoms with Gasteiger partial charge in [0.15, 0.2) is 0 Å². The van der Waals surface area contributed by atoms with Crippen molar-refractivity contribution in [1.29, 1.82) is 0 Å². The largest absolute Gasteiger partial charge is 0.336 e. The van der Waals surface area contributed by atoms with Crippen molar-refractivity contribution in [2.24, 2.45) is 5.92 Å². The lowest BCUT2D eigenvalue weighted by Gasteiger charge is -2.37. The number of carbonyl (C=O) groups is 1. The molecular weight excluding hydrogens is 276 g/mol. The van der Waals surface area contributed by atoms with Gasteiger partial charge in [-0.1, -0.05) is 18.6 Å². The van der Waals surface area contributed by atoms with Gasteiger partial charge in [-0.25, -0.2) is 0 Å². The van der Waals surface area contributed by atoms with Crippen LogP contribution in [-0.4, -0.2) is 38.4 Å². The van der Waals surface area contributed by atoms with Crippen molar-refractivity contribution in [2.45, 2.75) is 39.7 Å². The van der Waals surface area contributed by atoms with Crippen LogP contribution in [0, 0.1) is 12.8 Å². The molecule has 0 spiro atoms. The second-order valence-corrected chi connectivity index (χ2v) is 6.33. The summed E-state index contributed by atoms with van der Waals surface area (Å²) in [6, 6.07) is 6.12. The molecule has 3 rings (SSSR count). The molecule has 1 aromatic carbocycles. The van der Waals surface area contributed by atoms with Crippen molar-refractivity contribution >= 4 is 5.91 Å². The highest BCUT2D eigenvalue weighted by Gasteiger charge is 2.29. The molecule has 1 aliphatic heterocycles. The minimum Gasteiger partial charge on any atom is -0.336 e. The molecule has 1 saturated heterocycles. The van der Waals surface area contributed by atoms with Gasteiger partial charge in [0.05, 0.1) is 23.6 Å². The van der Waals surface area contributed by atoms with Gasteiger partial charge < -0.3 is 4.90 Å². The molecule has 5 heteroatoms. The molecule has 0 aliphatic carbocycles. The zero-order chi connectivity index (χ0) is 15.7. The summed E-state index contributed by atoms with van der Waals surface area (Å²) in [4.78, 5) is 16.6. The van der Waals surface area contributed by atoms with Gasteiger partial charge in [-0.2, -0.15) is 15.0 Å². The smallest absolute Gasteiger partial charge is 0.256 e. The first-order valence-corrected chi connectivity index (χ1v) is 7.84. The Morgan fingerprint density at radius 1 is 1.18 bits per heavy atom. The first kappa shape index (κ1) is 14.8. The molecule has 1 amide bonds. The minimum absolute atomic E-state index is 0.0788. The third-order valence-corrected chi connectivity index (χ3v) is 4.40. The summed E-state index contributed by atoms with van der Waals surface area (Å²) in [5.41, 5.74) is 2.49. The molecule has 0 unspecified atom stereocenters. The van der Waals surface area contributed by atoms with Crippen molar-refractivity contribution in [3.8, 4) is 5.69 Å². The first-order valence-electron chi connectivity index (χ1n) is 7.84. The van der Waals surface area contributed by atoms with Crippen LogP contribution >= 0.6 is 0 Å². The summed E-state index contributed by atoms with van der Waals surface area (Å²) in [5.74, 6) is 0.631. The lowest BCUT2D eigenvalue weighted by Crippen LogP contribution is -2.45. The zero-order valence-corrected chi connectivity index (χ0v) is 13.4. The Labute approximate surface area is 130 Å². The number of benzene rings is 1. The van der Waals surface area contributed by atoms with Gasteiger partial charge in [0.1, 0.15) is 0 Å². The average molecular weight is 298 g/mol. The van der Waals surface area contributed by atoms with E-state index in [1.165, 1.54) is 11.2 Å². The molecule has 1 fully saturated rings. The highest BCUT2D eigenvalue weighted by atomic mass is 16.2. The molecule has 116 valence electrons. The molecule has 0 saturated carbocycles. The molecule has 22 heavy (non-hydrogen) atoms. The van der Waals surface area contributed by atoms with E-state index in [0.717, 1.165) is 24.2 Å². The topological polar surface area (TPSA) is 51.0 Å². The molecule has 2 heterocycles. The lowest BCUT2D eigenvalue weighted by molar-refractivity contribution is 0.0573. The fraction of sp³-hybridized carbons (Fsp3) is 0.471. The Balaban J connectivity index is 2.00. The van der Waals surface area contributed by atoms with Gasteiger partial charge in [0, 0.05) is 12.6 Å². The summed E-state index contributed by atoms with van der Waals surface area (Å²) in [7, 11) is 0. The summed E-state index contributed by atoms with van der Waals surface area (Å²) in [6.07, 6.45) is 5.50. The van der Waals surface area contributed by atoms with E-state index < -0.39 is 0 Å². The van der Waals surface area contributed by atoms with Crippen molar-refractivity contribution in [2.75, 3.05) is 6.54 Å². The number of likely N-dealkylation sites (tertiary alicyclic amines) is 1. The van der Waals surface area contributed by atoms with Crippen LogP contribution < -0.4 is 0 Å². The highest BCUT2D eigenvalue weighted by Crippen LogP contribution is 2.25. The van der Waals surface area contributed by atoms with E-state index in [9.17, 15) is 4.79 Å². The van der Waals surface area contributed by atoms with E-state index in [4.69, 9.17) is 0 Å². The number of nitrogens with zero attached hydrogens (tertiary/aromatic N) is 4. The van der Waals surface area contributed by atoms with Crippen LogP contribution in [0.25, 0.3) is 5.69 Å². The van der Waals surface area contributed by atoms with E-state index in [2.05, 4.69) is 24.0 Å². The van der Waals surface area contributed by atoms with Gasteiger partial charge in [-0.15, -0.1) is 0 Å². The molecule has 2 atom stereocenters. The fourth-order valence-corrected chi connectivity index (χ4v) is 3.06.